The summed E-state index contributed by atoms with van der Waals surface area (Å²) in [4.78, 5) is 19.1. The van der Waals surface area contributed by atoms with Gasteiger partial charge in [-0.1, -0.05) is 0 Å². The molecule has 0 aromatic heterocycles. The van der Waals surface area contributed by atoms with E-state index in [4.69, 9.17) is 10.2 Å². The molecule has 5 nitrogen and oxygen atoms in total. The van der Waals surface area contributed by atoms with Crippen LogP contribution in [0.4, 0.5) is 0 Å². The maximum absolute atomic E-state index is 9.55. The zero-order valence-corrected chi connectivity index (χ0v) is 14.6. The van der Waals surface area contributed by atoms with Gasteiger partial charge < -0.3 is 16.1 Å². The number of nitrogens with zero attached hydrogens (tertiary/aromatic N) is 1. The van der Waals surface area contributed by atoms with E-state index in [2.05, 4.69) is 27.8 Å². The van der Waals surface area contributed by atoms with Gasteiger partial charge in [0.1, 0.15) is 0 Å². The first-order valence-electron chi connectivity index (χ1n) is 5.28. The van der Waals surface area contributed by atoms with Crippen LogP contribution in [-0.4, -0.2) is 53.3 Å². The van der Waals surface area contributed by atoms with E-state index in [1.54, 1.807) is 0 Å². The van der Waals surface area contributed by atoms with Crippen molar-refractivity contribution < 1.29 is 77.1 Å². The van der Waals surface area contributed by atoms with Crippen LogP contribution in [0.3, 0.4) is 0 Å². The second-order valence-corrected chi connectivity index (χ2v) is 3.58. The van der Waals surface area contributed by atoms with E-state index >= 15 is 0 Å². The molecule has 0 aliphatic heterocycles. The number of carbonyl (C=O) groups is 2. The van der Waals surface area contributed by atoms with E-state index in [9.17, 15) is 9.59 Å². The Hall–Kier alpha value is 0.276. The van der Waals surface area contributed by atoms with Crippen LogP contribution < -0.4 is 51.4 Å². The molecule has 0 bridgehead atoms. The van der Waals surface area contributed by atoms with E-state index in [0.29, 0.717) is 12.2 Å². The molecule has 96 valence electrons. The van der Waals surface area contributed by atoms with Crippen molar-refractivity contribution in [2.24, 2.45) is 0 Å². The minimum atomic E-state index is -1.26. The Morgan fingerprint density at radius 2 is 1.24 bits per heavy atom. The number of carboxylic acids is 2. The van der Waals surface area contributed by atoms with Crippen LogP contribution in [0.1, 0.15) is 22.2 Å². The standard InChI is InChI=1S/C7H18N.C4H4O4.K.H/c1-5-8(4,6-2)7-3;5-3(6)1-2-4(7)8;;/h5-7H2,1-4H3;1-2H,(H,5,6)(H,7,8);;/q+1;;+1;-1/b;2-1-;;. The second kappa shape index (κ2) is 12.7. The number of aliphatic carboxylic acids is 2. The smallest absolute Gasteiger partial charge is 1.00 e. The van der Waals surface area contributed by atoms with E-state index in [0.717, 1.165) is 0 Å². The molecule has 0 saturated heterocycles. The third-order valence-electron chi connectivity index (χ3n) is 2.66. The molecule has 2 N–H and O–H groups in total. The van der Waals surface area contributed by atoms with Gasteiger partial charge in [0.25, 0.3) is 0 Å². The van der Waals surface area contributed by atoms with Gasteiger partial charge in [-0.05, 0) is 20.8 Å². The van der Waals surface area contributed by atoms with Gasteiger partial charge in [-0.15, -0.1) is 0 Å². The first-order chi connectivity index (χ1) is 7.31. The summed E-state index contributed by atoms with van der Waals surface area (Å²) in [6.07, 6.45) is 1.12. The van der Waals surface area contributed by atoms with E-state index in [1.165, 1.54) is 24.1 Å². The van der Waals surface area contributed by atoms with Crippen molar-refractivity contribution in [3.05, 3.63) is 12.2 Å². The molecular weight excluding hydrogens is 249 g/mol. The van der Waals surface area contributed by atoms with Crippen molar-refractivity contribution in [1.29, 1.82) is 0 Å². The molecular formula is C11H23KNO4+. The fourth-order valence-corrected chi connectivity index (χ4v) is 0.813. The molecule has 0 aliphatic carbocycles. The Kier molecular flexibility index (Phi) is 16.8. The molecule has 0 radical (unpaired) electrons. The van der Waals surface area contributed by atoms with Gasteiger partial charge in [-0.25, -0.2) is 9.59 Å². The van der Waals surface area contributed by atoms with Gasteiger partial charge in [0.2, 0.25) is 0 Å². The van der Waals surface area contributed by atoms with E-state index in [1.807, 2.05) is 0 Å². The molecule has 0 aromatic rings. The summed E-state index contributed by atoms with van der Waals surface area (Å²) in [5.74, 6) is -2.51. The van der Waals surface area contributed by atoms with Crippen molar-refractivity contribution in [1.82, 2.24) is 0 Å². The minimum absolute atomic E-state index is 0. The molecule has 0 amide bonds. The molecule has 0 unspecified atom stereocenters. The summed E-state index contributed by atoms with van der Waals surface area (Å²) >= 11 is 0. The maximum Gasteiger partial charge on any atom is 1.00 e. The molecule has 0 saturated carbocycles. The van der Waals surface area contributed by atoms with Gasteiger partial charge in [-0.2, -0.15) is 0 Å². The Morgan fingerprint density at radius 1 is 1.00 bits per heavy atom. The molecule has 0 spiro atoms. The third-order valence-corrected chi connectivity index (χ3v) is 2.66. The monoisotopic (exact) mass is 272 g/mol. The molecule has 0 atom stereocenters. The summed E-state index contributed by atoms with van der Waals surface area (Å²) in [6, 6.07) is 0. The summed E-state index contributed by atoms with van der Waals surface area (Å²) in [5, 5.41) is 15.6. The minimum Gasteiger partial charge on any atom is -1.00 e. The molecule has 17 heavy (non-hydrogen) atoms. The Morgan fingerprint density at radius 3 is 1.29 bits per heavy atom. The molecule has 6 heteroatoms. The summed E-state index contributed by atoms with van der Waals surface area (Å²) in [5.41, 5.74) is 0. The van der Waals surface area contributed by atoms with Crippen molar-refractivity contribution >= 4 is 11.9 Å². The average molecular weight is 272 g/mol. The van der Waals surface area contributed by atoms with Crippen LogP contribution in [0.2, 0.25) is 0 Å². The fraction of sp³-hybridized carbons (Fsp3) is 0.636. The van der Waals surface area contributed by atoms with Crippen LogP contribution >= 0.6 is 0 Å². The molecule has 0 fully saturated rings. The van der Waals surface area contributed by atoms with Crippen LogP contribution in [-0.2, 0) is 9.59 Å². The van der Waals surface area contributed by atoms with Crippen LogP contribution in [0.5, 0.6) is 0 Å². The topological polar surface area (TPSA) is 74.6 Å². The molecule has 0 aliphatic rings. The largest absolute Gasteiger partial charge is 1.00 e. The van der Waals surface area contributed by atoms with Crippen LogP contribution in [0.15, 0.2) is 12.2 Å². The van der Waals surface area contributed by atoms with Crippen LogP contribution in [0.25, 0.3) is 0 Å². The number of quaternary nitrogens is 1. The quantitative estimate of drug-likeness (QED) is 0.356. The SMILES string of the molecule is CC[N+](C)(CC)CC.O=C(O)/C=C\C(=O)O.[H-].[K+]. The fourth-order valence-electron chi connectivity index (χ4n) is 0.813. The first-order valence-corrected chi connectivity index (χ1v) is 5.28. The van der Waals surface area contributed by atoms with Gasteiger partial charge in [0.15, 0.2) is 0 Å². The predicted octanol–water partition coefficient (Wildman–Crippen LogP) is -1.68. The maximum atomic E-state index is 9.55. The van der Waals surface area contributed by atoms with Gasteiger partial charge in [0.05, 0.1) is 26.7 Å². The van der Waals surface area contributed by atoms with Gasteiger partial charge in [0, 0.05) is 12.2 Å². The van der Waals surface area contributed by atoms with Crippen molar-refractivity contribution in [3.63, 3.8) is 0 Å². The zero-order chi connectivity index (χ0) is 13.2. The molecule has 0 rings (SSSR count). The van der Waals surface area contributed by atoms with Gasteiger partial charge in [-0.3, -0.25) is 0 Å². The zero-order valence-electron chi connectivity index (χ0n) is 12.4. The number of hydrogen-bond donors (Lipinski definition) is 2. The van der Waals surface area contributed by atoms with Crippen molar-refractivity contribution in [2.75, 3.05) is 26.7 Å². The summed E-state index contributed by atoms with van der Waals surface area (Å²) in [6.45, 7) is 10.5. The van der Waals surface area contributed by atoms with Crippen molar-refractivity contribution in [3.8, 4) is 0 Å². The molecule has 0 aromatic carbocycles. The van der Waals surface area contributed by atoms with Crippen LogP contribution in [0, 0.1) is 0 Å². The predicted molar refractivity (Wildman–Crippen MR) is 63.3 cm³/mol. The number of hydrogen-bond acceptors (Lipinski definition) is 2. The van der Waals surface area contributed by atoms with E-state index in [-0.39, 0.29) is 52.8 Å². The Bertz CT molecular complexity index is 231. The third kappa shape index (κ3) is 16.3. The van der Waals surface area contributed by atoms with Crippen molar-refractivity contribution in [2.45, 2.75) is 20.8 Å². The number of rotatable bonds is 5. The summed E-state index contributed by atoms with van der Waals surface area (Å²) in [7, 11) is 2.29. The van der Waals surface area contributed by atoms with Gasteiger partial charge >= 0.3 is 63.3 Å². The van der Waals surface area contributed by atoms with E-state index < -0.39 is 11.9 Å². The first kappa shape index (κ1) is 22.5. The molecule has 0 heterocycles. The summed E-state index contributed by atoms with van der Waals surface area (Å²) < 4.78 is 1.21. The Balaban J connectivity index is -0.0000000980. The Labute approximate surface area is 147 Å². The average Bonchev–Trinajstić information content (AvgIpc) is 2.26. The normalized spacial score (nSPS) is 10.1. The number of carboxylic acid groups (broad SMARTS) is 2. The second-order valence-electron chi connectivity index (χ2n) is 3.58.